The zero-order valence-electron chi connectivity index (χ0n) is 9.83. The first-order valence-corrected chi connectivity index (χ1v) is 5.61. The van der Waals surface area contributed by atoms with E-state index in [1.54, 1.807) is 4.90 Å². The van der Waals surface area contributed by atoms with Gasteiger partial charge < -0.3 is 9.64 Å². The Labute approximate surface area is 96.3 Å². The van der Waals surface area contributed by atoms with Gasteiger partial charge in [-0.2, -0.15) is 0 Å². The van der Waals surface area contributed by atoms with Gasteiger partial charge in [0.15, 0.2) is 0 Å². The molecule has 0 atom stereocenters. The smallest absolute Gasteiger partial charge is 0.248 e. The number of amides is 1. The zero-order chi connectivity index (χ0) is 12.0. The molecule has 1 rings (SSSR count). The van der Waals surface area contributed by atoms with E-state index >= 15 is 0 Å². The number of ether oxygens (including phenoxy) is 1. The Bertz CT molecular complexity index is 276. The first-order valence-electron chi connectivity index (χ1n) is 5.61. The van der Waals surface area contributed by atoms with Crippen LogP contribution in [0.1, 0.15) is 26.2 Å². The number of hydrogen-bond donors (Lipinski definition) is 0. The minimum atomic E-state index is -0.0192. The zero-order valence-corrected chi connectivity index (χ0v) is 9.83. The van der Waals surface area contributed by atoms with Crippen LogP contribution in [0.4, 0.5) is 0 Å². The Morgan fingerprint density at radius 3 is 2.62 bits per heavy atom. The van der Waals surface area contributed by atoms with E-state index in [4.69, 9.17) is 4.74 Å². The van der Waals surface area contributed by atoms with Crippen molar-refractivity contribution in [2.75, 3.05) is 26.3 Å². The van der Waals surface area contributed by atoms with Crippen LogP contribution in [0.15, 0.2) is 12.2 Å². The fourth-order valence-electron chi connectivity index (χ4n) is 1.50. The summed E-state index contributed by atoms with van der Waals surface area (Å²) in [5.41, 5.74) is 1.05. The van der Waals surface area contributed by atoms with Crippen molar-refractivity contribution in [2.45, 2.75) is 26.2 Å². The molecule has 1 heterocycles. The normalized spacial score (nSPS) is 16.3. The lowest BCUT2D eigenvalue weighted by atomic mass is 10.1. The summed E-state index contributed by atoms with van der Waals surface area (Å²) in [5, 5.41) is 0. The molecule has 0 bridgehead atoms. The second kappa shape index (κ2) is 6.43. The Morgan fingerprint density at radius 1 is 1.44 bits per heavy atom. The number of nitrogens with zero attached hydrogens (tertiary/aromatic N) is 1. The summed E-state index contributed by atoms with van der Waals surface area (Å²) in [6.07, 6.45) is 1.75. The molecule has 1 aliphatic heterocycles. The van der Waals surface area contributed by atoms with Crippen LogP contribution in [0.2, 0.25) is 0 Å². The van der Waals surface area contributed by atoms with Crippen LogP contribution in [0.5, 0.6) is 0 Å². The fourth-order valence-corrected chi connectivity index (χ4v) is 1.50. The molecule has 0 spiro atoms. The molecule has 0 aliphatic carbocycles. The van der Waals surface area contributed by atoms with Crippen LogP contribution in [0.25, 0.3) is 0 Å². The number of carbonyl (C=O) groups is 2. The molecule has 4 heteroatoms. The highest BCUT2D eigenvalue weighted by Gasteiger charge is 2.20. The molecule has 1 fully saturated rings. The molecule has 4 nitrogen and oxygen atoms in total. The van der Waals surface area contributed by atoms with Gasteiger partial charge in [0.1, 0.15) is 12.4 Å². The third kappa shape index (κ3) is 4.57. The van der Waals surface area contributed by atoms with Crippen molar-refractivity contribution in [3.8, 4) is 0 Å². The standard InChI is InChI=1S/C12H19NO3/c1-10(2)5-8-16-9-12(15)13-6-3-11(14)4-7-13/h1,3-9H2,2H3. The SMILES string of the molecule is C=C(C)CCOCC(=O)N1CCC(=O)CC1. The summed E-state index contributed by atoms with van der Waals surface area (Å²) in [6.45, 7) is 7.42. The molecule has 1 saturated heterocycles. The number of carbonyl (C=O) groups excluding carboxylic acids is 2. The Kier molecular flexibility index (Phi) is 5.19. The molecule has 0 unspecified atom stereocenters. The molecular weight excluding hydrogens is 206 g/mol. The summed E-state index contributed by atoms with van der Waals surface area (Å²) in [6, 6.07) is 0. The Hall–Kier alpha value is -1.16. The molecule has 1 aliphatic rings. The largest absolute Gasteiger partial charge is 0.371 e. The van der Waals surface area contributed by atoms with Crippen molar-refractivity contribution in [1.29, 1.82) is 0 Å². The van der Waals surface area contributed by atoms with Crippen molar-refractivity contribution in [3.63, 3.8) is 0 Å². The van der Waals surface area contributed by atoms with Crippen LogP contribution in [0.3, 0.4) is 0 Å². The number of likely N-dealkylation sites (tertiary alicyclic amines) is 1. The molecular formula is C12H19NO3. The van der Waals surface area contributed by atoms with Crippen molar-refractivity contribution in [2.24, 2.45) is 0 Å². The van der Waals surface area contributed by atoms with Gasteiger partial charge in [-0.15, -0.1) is 6.58 Å². The van der Waals surface area contributed by atoms with Crippen LogP contribution in [-0.2, 0) is 14.3 Å². The molecule has 0 N–H and O–H groups in total. The molecule has 1 amide bonds. The van der Waals surface area contributed by atoms with Gasteiger partial charge in [-0.25, -0.2) is 0 Å². The van der Waals surface area contributed by atoms with Crippen molar-refractivity contribution in [3.05, 3.63) is 12.2 Å². The van der Waals surface area contributed by atoms with Gasteiger partial charge >= 0.3 is 0 Å². The number of piperidine rings is 1. The predicted octanol–water partition coefficient (Wildman–Crippen LogP) is 1.16. The van der Waals surface area contributed by atoms with Crippen molar-refractivity contribution >= 4 is 11.7 Å². The third-order valence-corrected chi connectivity index (χ3v) is 2.57. The highest BCUT2D eigenvalue weighted by molar-refractivity contribution is 5.83. The van der Waals surface area contributed by atoms with Gasteiger partial charge in [-0.05, 0) is 13.3 Å². The van der Waals surface area contributed by atoms with Crippen LogP contribution >= 0.6 is 0 Å². The first kappa shape index (κ1) is 12.9. The van der Waals surface area contributed by atoms with Gasteiger partial charge in [-0.3, -0.25) is 9.59 Å². The van der Waals surface area contributed by atoms with Crippen molar-refractivity contribution < 1.29 is 14.3 Å². The molecule has 0 saturated carbocycles. The average Bonchev–Trinajstić information content (AvgIpc) is 2.25. The lowest BCUT2D eigenvalue weighted by Crippen LogP contribution is -2.40. The van der Waals surface area contributed by atoms with Crippen LogP contribution in [-0.4, -0.2) is 42.9 Å². The van der Waals surface area contributed by atoms with E-state index in [1.807, 2.05) is 6.92 Å². The van der Waals surface area contributed by atoms with Crippen molar-refractivity contribution in [1.82, 2.24) is 4.90 Å². The quantitative estimate of drug-likeness (QED) is 0.521. The molecule has 90 valence electrons. The highest BCUT2D eigenvalue weighted by atomic mass is 16.5. The average molecular weight is 225 g/mol. The van der Waals surface area contributed by atoms with Gasteiger partial charge in [0.05, 0.1) is 6.61 Å². The van der Waals surface area contributed by atoms with Gasteiger partial charge in [0.2, 0.25) is 5.91 Å². The Morgan fingerprint density at radius 2 is 2.06 bits per heavy atom. The predicted molar refractivity (Wildman–Crippen MR) is 61.1 cm³/mol. The van der Waals surface area contributed by atoms with Crippen LogP contribution < -0.4 is 0 Å². The maximum absolute atomic E-state index is 11.6. The molecule has 0 radical (unpaired) electrons. The van der Waals surface area contributed by atoms with E-state index < -0.39 is 0 Å². The lowest BCUT2D eigenvalue weighted by Gasteiger charge is -2.25. The molecule has 0 aromatic heterocycles. The second-order valence-electron chi connectivity index (χ2n) is 4.18. The van der Waals surface area contributed by atoms with E-state index in [0.717, 1.165) is 12.0 Å². The van der Waals surface area contributed by atoms with Gasteiger partial charge in [-0.1, -0.05) is 5.57 Å². The summed E-state index contributed by atoms with van der Waals surface area (Å²) >= 11 is 0. The Balaban J connectivity index is 2.15. The van der Waals surface area contributed by atoms with Crippen LogP contribution in [0, 0.1) is 0 Å². The number of hydrogen-bond acceptors (Lipinski definition) is 3. The maximum Gasteiger partial charge on any atom is 0.248 e. The monoisotopic (exact) mass is 225 g/mol. The highest BCUT2D eigenvalue weighted by Crippen LogP contribution is 2.06. The van der Waals surface area contributed by atoms with E-state index in [0.29, 0.717) is 32.5 Å². The van der Waals surface area contributed by atoms with E-state index in [-0.39, 0.29) is 18.3 Å². The minimum absolute atomic E-state index is 0.0192. The topological polar surface area (TPSA) is 46.6 Å². The number of ketones is 1. The van der Waals surface area contributed by atoms with E-state index in [1.165, 1.54) is 0 Å². The van der Waals surface area contributed by atoms with Gasteiger partial charge in [0.25, 0.3) is 0 Å². The lowest BCUT2D eigenvalue weighted by molar-refractivity contribution is -0.138. The summed E-state index contributed by atoms with van der Waals surface area (Å²) in [7, 11) is 0. The number of Topliss-reactive ketones (excluding diaryl/α,β-unsaturated/α-hetero) is 1. The van der Waals surface area contributed by atoms with E-state index in [2.05, 4.69) is 6.58 Å². The summed E-state index contributed by atoms with van der Waals surface area (Å²) in [4.78, 5) is 24.3. The fraction of sp³-hybridized carbons (Fsp3) is 0.667. The molecule has 16 heavy (non-hydrogen) atoms. The molecule has 0 aromatic carbocycles. The molecule has 0 aromatic rings. The number of rotatable bonds is 5. The maximum atomic E-state index is 11.6. The minimum Gasteiger partial charge on any atom is -0.371 e. The summed E-state index contributed by atoms with van der Waals surface area (Å²) in [5.74, 6) is 0.224. The second-order valence-corrected chi connectivity index (χ2v) is 4.18. The third-order valence-electron chi connectivity index (χ3n) is 2.57. The van der Waals surface area contributed by atoms with Gasteiger partial charge in [0, 0.05) is 25.9 Å². The first-order chi connectivity index (χ1) is 7.59. The summed E-state index contributed by atoms with van der Waals surface area (Å²) < 4.78 is 5.25. The van der Waals surface area contributed by atoms with E-state index in [9.17, 15) is 9.59 Å².